The maximum Gasteiger partial charge on any atom is 0.573 e. The fourth-order valence-corrected chi connectivity index (χ4v) is 3.49. The standard InChI is InChI=1S/C14H15F3N2O3S/c1-10(23(20,21)9-11-7-18-19(2)8-11)12-3-5-13(6-4-12)22-14(15,16)17/h3-8,10H,9H2,1-2H3. The van der Waals surface area contributed by atoms with Crippen molar-refractivity contribution in [3.8, 4) is 5.75 Å². The van der Waals surface area contributed by atoms with Crippen molar-refractivity contribution in [1.29, 1.82) is 0 Å². The van der Waals surface area contributed by atoms with Crippen LogP contribution in [0, 0.1) is 0 Å². The monoisotopic (exact) mass is 348 g/mol. The maximum absolute atomic E-state index is 12.4. The van der Waals surface area contributed by atoms with Gasteiger partial charge in [-0.15, -0.1) is 13.2 Å². The number of aromatic nitrogens is 2. The Morgan fingerprint density at radius 1 is 1.26 bits per heavy atom. The van der Waals surface area contributed by atoms with E-state index in [-0.39, 0.29) is 5.75 Å². The molecule has 2 rings (SSSR count). The quantitative estimate of drug-likeness (QED) is 0.833. The smallest absolute Gasteiger partial charge is 0.406 e. The van der Waals surface area contributed by atoms with Gasteiger partial charge in [-0.2, -0.15) is 5.10 Å². The van der Waals surface area contributed by atoms with Crippen molar-refractivity contribution in [2.75, 3.05) is 0 Å². The third-order valence-electron chi connectivity index (χ3n) is 3.25. The number of rotatable bonds is 5. The molecule has 0 amide bonds. The Bertz CT molecular complexity index is 767. The Hall–Kier alpha value is -2.03. The first-order valence-corrected chi connectivity index (χ1v) is 8.33. The first-order valence-electron chi connectivity index (χ1n) is 6.61. The second kappa shape index (κ2) is 6.23. The van der Waals surface area contributed by atoms with Crippen LogP contribution in [0.5, 0.6) is 5.75 Å². The number of sulfone groups is 1. The number of aryl methyl sites for hydroxylation is 1. The number of benzene rings is 1. The van der Waals surface area contributed by atoms with E-state index in [2.05, 4.69) is 9.84 Å². The lowest BCUT2D eigenvalue weighted by atomic mass is 10.1. The van der Waals surface area contributed by atoms with Crippen LogP contribution in [0.15, 0.2) is 36.7 Å². The molecule has 0 saturated heterocycles. The highest BCUT2D eigenvalue weighted by Crippen LogP contribution is 2.28. The van der Waals surface area contributed by atoms with Crippen molar-refractivity contribution < 1.29 is 26.3 Å². The molecule has 1 unspecified atom stereocenters. The van der Waals surface area contributed by atoms with Crippen molar-refractivity contribution in [3.05, 3.63) is 47.8 Å². The molecule has 0 aliphatic carbocycles. The molecule has 23 heavy (non-hydrogen) atoms. The summed E-state index contributed by atoms with van der Waals surface area (Å²) in [5, 5.41) is 3.05. The third-order valence-corrected chi connectivity index (χ3v) is 5.33. The molecule has 0 spiro atoms. The van der Waals surface area contributed by atoms with Gasteiger partial charge in [-0.25, -0.2) is 8.42 Å². The van der Waals surface area contributed by atoms with E-state index in [0.717, 1.165) is 12.1 Å². The zero-order chi connectivity index (χ0) is 17.3. The highest BCUT2D eigenvalue weighted by Gasteiger charge is 2.31. The molecule has 0 aliphatic rings. The van der Waals surface area contributed by atoms with Gasteiger partial charge in [0.1, 0.15) is 5.75 Å². The molecule has 2 aromatic rings. The van der Waals surface area contributed by atoms with Gasteiger partial charge in [0.25, 0.3) is 0 Å². The second-order valence-electron chi connectivity index (χ2n) is 5.09. The van der Waals surface area contributed by atoms with Crippen LogP contribution in [-0.2, 0) is 22.6 Å². The molecule has 0 saturated carbocycles. The van der Waals surface area contributed by atoms with E-state index >= 15 is 0 Å². The van der Waals surface area contributed by atoms with Crippen LogP contribution in [0.3, 0.4) is 0 Å². The van der Waals surface area contributed by atoms with Gasteiger partial charge in [0.05, 0.1) is 17.2 Å². The van der Waals surface area contributed by atoms with E-state index in [1.165, 1.54) is 29.9 Å². The topological polar surface area (TPSA) is 61.2 Å². The summed E-state index contributed by atoms with van der Waals surface area (Å²) in [6.45, 7) is 1.49. The van der Waals surface area contributed by atoms with Crippen molar-refractivity contribution in [2.45, 2.75) is 24.3 Å². The van der Waals surface area contributed by atoms with Gasteiger partial charge in [0.2, 0.25) is 0 Å². The fraction of sp³-hybridized carbons (Fsp3) is 0.357. The lowest BCUT2D eigenvalue weighted by molar-refractivity contribution is -0.274. The molecule has 0 fully saturated rings. The average molecular weight is 348 g/mol. The molecule has 1 atom stereocenters. The Morgan fingerprint density at radius 2 is 1.87 bits per heavy atom. The van der Waals surface area contributed by atoms with E-state index in [4.69, 9.17) is 0 Å². The van der Waals surface area contributed by atoms with Gasteiger partial charge in [-0.3, -0.25) is 4.68 Å². The molecule has 1 aromatic carbocycles. The van der Waals surface area contributed by atoms with E-state index < -0.39 is 27.2 Å². The zero-order valence-electron chi connectivity index (χ0n) is 12.4. The first kappa shape index (κ1) is 17.3. The summed E-state index contributed by atoms with van der Waals surface area (Å²) in [6.07, 6.45) is -1.71. The van der Waals surface area contributed by atoms with Crippen molar-refractivity contribution in [3.63, 3.8) is 0 Å². The van der Waals surface area contributed by atoms with E-state index in [1.54, 1.807) is 13.2 Å². The van der Waals surface area contributed by atoms with Crippen LogP contribution in [-0.4, -0.2) is 24.6 Å². The lowest BCUT2D eigenvalue weighted by Gasteiger charge is -2.14. The minimum atomic E-state index is -4.78. The molecular formula is C14H15F3N2O3S. The summed E-state index contributed by atoms with van der Waals surface area (Å²) >= 11 is 0. The predicted molar refractivity (Wildman–Crippen MR) is 77.4 cm³/mol. The fourth-order valence-electron chi connectivity index (χ4n) is 2.05. The molecule has 0 bridgehead atoms. The lowest BCUT2D eigenvalue weighted by Crippen LogP contribution is -2.17. The minimum absolute atomic E-state index is 0.192. The normalized spacial score (nSPS) is 13.8. The minimum Gasteiger partial charge on any atom is -0.406 e. The highest BCUT2D eigenvalue weighted by molar-refractivity contribution is 7.90. The van der Waals surface area contributed by atoms with Crippen molar-refractivity contribution >= 4 is 9.84 Å². The van der Waals surface area contributed by atoms with E-state index in [0.29, 0.717) is 11.1 Å². The van der Waals surface area contributed by atoms with Gasteiger partial charge in [-0.05, 0) is 24.6 Å². The molecule has 1 aromatic heterocycles. The number of hydrogen-bond acceptors (Lipinski definition) is 4. The Labute approximate surface area is 131 Å². The molecule has 126 valence electrons. The van der Waals surface area contributed by atoms with Crippen LogP contribution in [0.2, 0.25) is 0 Å². The molecule has 9 heteroatoms. The summed E-state index contributed by atoms with van der Waals surface area (Å²) in [5.74, 6) is -0.582. The molecule has 0 radical (unpaired) electrons. The van der Waals surface area contributed by atoms with Gasteiger partial charge in [0.15, 0.2) is 9.84 Å². The summed E-state index contributed by atoms with van der Waals surface area (Å²) in [4.78, 5) is 0. The molecule has 5 nitrogen and oxygen atoms in total. The number of nitrogens with zero attached hydrogens (tertiary/aromatic N) is 2. The zero-order valence-corrected chi connectivity index (χ0v) is 13.2. The van der Waals surface area contributed by atoms with E-state index in [9.17, 15) is 21.6 Å². The van der Waals surface area contributed by atoms with Crippen LogP contribution >= 0.6 is 0 Å². The largest absolute Gasteiger partial charge is 0.573 e. The van der Waals surface area contributed by atoms with Crippen LogP contribution < -0.4 is 4.74 Å². The Balaban J connectivity index is 2.14. The summed E-state index contributed by atoms with van der Waals surface area (Å²) < 4.78 is 66.3. The van der Waals surface area contributed by atoms with Crippen LogP contribution in [0.4, 0.5) is 13.2 Å². The van der Waals surface area contributed by atoms with Crippen molar-refractivity contribution in [1.82, 2.24) is 9.78 Å². The highest BCUT2D eigenvalue weighted by atomic mass is 32.2. The summed E-state index contributed by atoms with van der Waals surface area (Å²) in [5.41, 5.74) is 0.944. The maximum atomic E-state index is 12.4. The average Bonchev–Trinajstić information content (AvgIpc) is 2.81. The molecular weight excluding hydrogens is 333 g/mol. The summed E-state index contributed by atoms with van der Waals surface area (Å²) in [6, 6.07) is 4.82. The van der Waals surface area contributed by atoms with Gasteiger partial charge >= 0.3 is 6.36 Å². The van der Waals surface area contributed by atoms with Gasteiger partial charge < -0.3 is 4.74 Å². The van der Waals surface area contributed by atoms with Gasteiger partial charge in [0, 0.05) is 18.8 Å². The third kappa shape index (κ3) is 4.72. The molecule has 0 aliphatic heterocycles. The van der Waals surface area contributed by atoms with Crippen LogP contribution in [0.1, 0.15) is 23.3 Å². The Morgan fingerprint density at radius 3 is 2.35 bits per heavy atom. The van der Waals surface area contributed by atoms with Crippen molar-refractivity contribution in [2.24, 2.45) is 7.05 Å². The molecule has 0 N–H and O–H groups in total. The summed E-state index contributed by atoms with van der Waals surface area (Å²) in [7, 11) is -1.84. The number of halogens is 3. The first-order chi connectivity index (χ1) is 10.6. The molecule has 1 heterocycles. The van der Waals surface area contributed by atoms with E-state index in [1.807, 2.05) is 0 Å². The number of alkyl halides is 3. The predicted octanol–water partition coefficient (Wildman–Crippen LogP) is 2.99. The second-order valence-corrected chi connectivity index (χ2v) is 7.41. The number of hydrogen-bond donors (Lipinski definition) is 0. The SMILES string of the molecule is CC(c1ccc(OC(F)(F)F)cc1)S(=O)(=O)Cc1cnn(C)c1. The van der Waals surface area contributed by atoms with Crippen LogP contribution in [0.25, 0.3) is 0 Å². The number of ether oxygens (including phenoxy) is 1. The Kier molecular flexibility index (Phi) is 4.69. The van der Waals surface area contributed by atoms with Gasteiger partial charge in [-0.1, -0.05) is 12.1 Å².